The highest BCUT2D eigenvalue weighted by Crippen LogP contribution is 2.23. The van der Waals surface area contributed by atoms with E-state index in [-0.39, 0.29) is 12.0 Å². The molecule has 1 fully saturated rings. The first-order valence-corrected chi connectivity index (χ1v) is 10.0. The van der Waals surface area contributed by atoms with Gasteiger partial charge in [-0.3, -0.25) is 9.78 Å². The number of benzene rings is 1. The average Bonchev–Trinajstić information content (AvgIpc) is 2.79. The molecule has 1 aromatic carbocycles. The second-order valence-corrected chi connectivity index (χ2v) is 7.06. The van der Waals surface area contributed by atoms with E-state index in [1.165, 1.54) is 0 Å². The van der Waals surface area contributed by atoms with Crippen molar-refractivity contribution in [2.45, 2.75) is 19.8 Å². The van der Waals surface area contributed by atoms with Crippen LogP contribution in [0.2, 0.25) is 0 Å². The molecule has 0 N–H and O–H groups in total. The van der Waals surface area contributed by atoms with Crippen molar-refractivity contribution in [2.75, 3.05) is 44.7 Å². The van der Waals surface area contributed by atoms with E-state index in [1.807, 2.05) is 48.3 Å². The smallest absolute Gasteiger partial charge is 0.409 e. The van der Waals surface area contributed by atoms with Crippen LogP contribution in [0.3, 0.4) is 0 Å². The van der Waals surface area contributed by atoms with Gasteiger partial charge >= 0.3 is 6.09 Å². The molecule has 1 aromatic heterocycles. The van der Waals surface area contributed by atoms with Crippen molar-refractivity contribution in [3.05, 3.63) is 54.4 Å². The van der Waals surface area contributed by atoms with Crippen LogP contribution in [0.5, 0.6) is 0 Å². The first-order valence-electron chi connectivity index (χ1n) is 10.0. The minimum absolute atomic E-state index is 0.0119. The maximum atomic E-state index is 12.8. The van der Waals surface area contributed by atoms with Gasteiger partial charge in [-0.15, -0.1) is 0 Å². The Morgan fingerprint density at radius 3 is 2.17 bits per heavy atom. The van der Waals surface area contributed by atoms with Crippen LogP contribution in [-0.4, -0.2) is 66.6 Å². The predicted octanol–water partition coefficient (Wildman–Crippen LogP) is 3.54. The van der Waals surface area contributed by atoms with Crippen LogP contribution in [-0.2, 0) is 4.74 Å². The zero-order valence-corrected chi connectivity index (χ0v) is 17.1. The Balaban J connectivity index is 1.54. The third-order valence-corrected chi connectivity index (χ3v) is 5.10. The average molecular weight is 396 g/mol. The van der Waals surface area contributed by atoms with Gasteiger partial charge < -0.3 is 19.4 Å². The van der Waals surface area contributed by atoms with E-state index >= 15 is 0 Å². The summed E-state index contributed by atoms with van der Waals surface area (Å²) < 4.78 is 5.25. The molecule has 29 heavy (non-hydrogen) atoms. The Morgan fingerprint density at radius 1 is 0.966 bits per heavy atom. The van der Waals surface area contributed by atoms with Gasteiger partial charge in [-0.25, -0.2) is 4.79 Å². The van der Waals surface area contributed by atoms with Crippen LogP contribution in [0, 0.1) is 0 Å². The molecule has 0 bridgehead atoms. The molecule has 154 valence electrons. The molecule has 0 radical (unpaired) electrons. The van der Waals surface area contributed by atoms with Gasteiger partial charge in [0.2, 0.25) is 0 Å². The van der Waals surface area contributed by atoms with Crippen LogP contribution in [0.15, 0.2) is 48.8 Å². The number of hydrogen-bond acceptors (Lipinski definition) is 5. The number of ether oxygens (including phenoxy) is 1. The normalized spacial score (nSPS) is 13.9. The summed E-state index contributed by atoms with van der Waals surface area (Å²) in [6.45, 7) is 4.54. The molecule has 3 rings (SSSR count). The fourth-order valence-electron chi connectivity index (χ4n) is 3.21. The Hall–Kier alpha value is -3.09. The van der Waals surface area contributed by atoms with Gasteiger partial charge in [-0.2, -0.15) is 0 Å². The number of pyridine rings is 1. The molecule has 2 amide bonds. The third-order valence-electron chi connectivity index (χ3n) is 5.10. The summed E-state index contributed by atoms with van der Waals surface area (Å²) in [5, 5.41) is 0. The van der Waals surface area contributed by atoms with Crippen molar-refractivity contribution in [2.24, 2.45) is 0 Å². The van der Waals surface area contributed by atoms with Crippen LogP contribution in [0.1, 0.15) is 30.1 Å². The standard InChI is InChI=1S/C22H28N4O3/c1-3-4-17-29-22(28)26-15-13-25(14-16-26)21(27)18-5-7-19(8-6-18)24(2)20-9-11-23-12-10-20/h5-12H,3-4,13-17H2,1-2H3. The Morgan fingerprint density at radius 2 is 1.55 bits per heavy atom. The fourth-order valence-corrected chi connectivity index (χ4v) is 3.21. The van der Waals surface area contributed by atoms with E-state index in [1.54, 1.807) is 22.2 Å². The maximum absolute atomic E-state index is 12.8. The fraction of sp³-hybridized carbons (Fsp3) is 0.409. The molecule has 0 aliphatic carbocycles. The van der Waals surface area contributed by atoms with E-state index in [2.05, 4.69) is 11.9 Å². The zero-order chi connectivity index (χ0) is 20.6. The Bertz CT molecular complexity index is 803. The number of aromatic nitrogens is 1. The minimum Gasteiger partial charge on any atom is -0.449 e. The monoisotopic (exact) mass is 396 g/mol. The molecule has 7 heteroatoms. The molecule has 7 nitrogen and oxygen atoms in total. The Kier molecular flexibility index (Phi) is 7.05. The van der Waals surface area contributed by atoms with Crippen LogP contribution < -0.4 is 4.90 Å². The van der Waals surface area contributed by atoms with Gasteiger partial charge in [0.15, 0.2) is 0 Å². The maximum Gasteiger partial charge on any atom is 0.409 e. The molecule has 1 aliphatic rings. The van der Waals surface area contributed by atoms with Crippen molar-refractivity contribution in [1.29, 1.82) is 0 Å². The van der Waals surface area contributed by atoms with Gasteiger partial charge in [0.1, 0.15) is 0 Å². The van der Waals surface area contributed by atoms with E-state index in [9.17, 15) is 9.59 Å². The highest BCUT2D eigenvalue weighted by molar-refractivity contribution is 5.94. The third kappa shape index (κ3) is 5.25. The lowest BCUT2D eigenvalue weighted by molar-refractivity contribution is 0.0557. The van der Waals surface area contributed by atoms with E-state index in [0.29, 0.717) is 38.3 Å². The highest BCUT2D eigenvalue weighted by atomic mass is 16.6. The summed E-state index contributed by atoms with van der Waals surface area (Å²) in [6, 6.07) is 11.4. The summed E-state index contributed by atoms with van der Waals surface area (Å²) in [4.78, 5) is 34.4. The van der Waals surface area contributed by atoms with Gasteiger partial charge in [0.25, 0.3) is 5.91 Å². The molecule has 2 heterocycles. The molecule has 1 aliphatic heterocycles. The van der Waals surface area contributed by atoms with Crippen molar-refractivity contribution < 1.29 is 14.3 Å². The lowest BCUT2D eigenvalue weighted by Crippen LogP contribution is -2.50. The summed E-state index contributed by atoms with van der Waals surface area (Å²) >= 11 is 0. The van der Waals surface area contributed by atoms with E-state index in [4.69, 9.17) is 4.74 Å². The number of carbonyl (C=O) groups is 2. The predicted molar refractivity (Wildman–Crippen MR) is 112 cm³/mol. The second kappa shape index (κ2) is 9.91. The quantitative estimate of drug-likeness (QED) is 0.699. The zero-order valence-electron chi connectivity index (χ0n) is 17.1. The van der Waals surface area contributed by atoms with Crippen molar-refractivity contribution in [1.82, 2.24) is 14.8 Å². The van der Waals surface area contributed by atoms with E-state index in [0.717, 1.165) is 24.2 Å². The number of unbranched alkanes of at least 4 members (excludes halogenated alkanes) is 1. The van der Waals surface area contributed by atoms with Gasteiger partial charge in [-0.1, -0.05) is 13.3 Å². The van der Waals surface area contributed by atoms with Crippen molar-refractivity contribution >= 4 is 23.4 Å². The lowest BCUT2D eigenvalue weighted by atomic mass is 10.1. The molecular formula is C22H28N4O3. The van der Waals surface area contributed by atoms with Crippen molar-refractivity contribution in [3.63, 3.8) is 0 Å². The molecular weight excluding hydrogens is 368 g/mol. The Labute approximate surface area is 171 Å². The van der Waals surface area contributed by atoms with Gasteiger partial charge in [0.05, 0.1) is 6.61 Å². The van der Waals surface area contributed by atoms with Crippen molar-refractivity contribution in [3.8, 4) is 0 Å². The molecule has 0 saturated carbocycles. The minimum atomic E-state index is -0.283. The largest absolute Gasteiger partial charge is 0.449 e. The molecule has 0 spiro atoms. The topological polar surface area (TPSA) is 66.0 Å². The number of anilines is 2. The van der Waals surface area contributed by atoms with Crippen LogP contribution in [0.25, 0.3) is 0 Å². The summed E-state index contributed by atoms with van der Waals surface area (Å²) in [5.41, 5.74) is 2.67. The second-order valence-electron chi connectivity index (χ2n) is 7.06. The number of amides is 2. The molecule has 2 aromatic rings. The molecule has 1 saturated heterocycles. The van der Waals surface area contributed by atoms with Crippen LogP contribution in [0.4, 0.5) is 16.2 Å². The first-order chi connectivity index (χ1) is 14.1. The van der Waals surface area contributed by atoms with Gasteiger partial charge in [-0.05, 0) is 42.8 Å². The number of carbonyl (C=O) groups excluding carboxylic acids is 2. The highest BCUT2D eigenvalue weighted by Gasteiger charge is 2.25. The molecule has 0 atom stereocenters. The number of nitrogens with zero attached hydrogens (tertiary/aromatic N) is 4. The van der Waals surface area contributed by atoms with Gasteiger partial charge in [0, 0.05) is 62.6 Å². The van der Waals surface area contributed by atoms with Crippen LogP contribution >= 0.6 is 0 Å². The molecule has 0 unspecified atom stereocenters. The lowest BCUT2D eigenvalue weighted by Gasteiger charge is -2.34. The first kappa shape index (κ1) is 20.6. The summed E-state index contributed by atoms with van der Waals surface area (Å²) in [5.74, 6) is -0.0119. The summed E-state index contributed by atoms with van der Waals surface area (Å²) in [7, 11) is 1.98. The van der Waals surface area contributed by atoms with E-state index < -0.39 is 0 Å². The number of hydrogen-bond donors (Lipinski definition) is 0. The SMILES string of the molecule is CCCCOC(=O)N1CCN(C(=O)c2ccc(N(C)c3ccncc3)cc2)CC1. The number of piperazine rings is 1. The summed E-state index contributed by atoms with van der Waals surface area (Å²) in [6.07, 6.45) is 5.09. The number of rotatable bonds is 6.